The molecule has 1 aliphatic heterocycles. The Morgan fingerprint density at radius 3 is 2.56 bits per heavy atom. The van der Waals surface area contributed by atoms with Crippen LogP contribution in [0.2, 0.25) is 0 Å². The summed E-state index contributed by atoms with van der Waals surface area (Å²) in [6.45, 7) is 0.475. The smallest absolute Gasteiger partial charge is 0.250 e. The molecule has 0 N–H and O–H groups in total. The van der Waals surface area contributed by atoms with E-state index in [-0.39, 0.29) is 25.9 Å². The third-order valence-electron chi connectivity index (χ3n) is 3.08. The third kappa shape index (κ3) is 3.03. The topological polar surface area (TPSA) is 39.9 Å². The summed E-state index contributed by atoms with van der Waals surface area (Å²) in [5.41, 5.74) is 0.742. The van der Waals surface area contributed by atoms with E-state index in [9.17, 15) is 14.0 Å². The summed E-state index contributed by atoms with van der Waals surface area (Å²) in [6.07, 6.45) is 1.23. The van der Waals surface area contributed by atoms with Crippen molar-refractivity contribution in [2.24, 2.45) is 0 Å². The van der Waals surface area contributed by atoms with E-state index >= 15 is 0 Å². The fraction of sp³-hybridized carbons (Fsp3) is 0.500. The Morgan fingerprint density at radius 1 is 1.39 bits per heavy atom. The number of nitriles is 1. The Labute approximate surface area is 113 Å². The van der Waals surface area contributed by atoms with Crippen LogP contribution in [-0.2, 0) is 0 Å². The van der Waals surface area contributed by atoms with Gasteiger partial charge in [-0.05, 0) is 22.0 Å². The molecule has 0 spiro atoms. The van der Waals surface area contributed by atoms with E-state index in [1.54, 1.807) is 23.2 Å². The standard InChI is InChI=1S/C12H12BrF2N3/c13-11-2-1-9(8-17-11)10(7-16)18-5-3-12(14,15)4-6-18/h1-2,8,10H,3-6H2. The summed E-state index contributed by atoms with van der Waals surface area (Å²) in [4.78, 5) is 5.84. The van der Waals surface area contributed by atoms with Crippen molar-refractivity contribution in [3.63, 3.8) is 0 Å². The van der Waals surface area contributed by atoms with E-state index in [0.717, 1.165) is 5.56 Å². The normalized spacial score (nSPS) is 21.2. The largest absolute Gasteiger partial charge is 0.284 e. The van der Waals surface area contributed by atoms with Crippen LogP contribution < -0.4 is 0 Å². The number of alkyl halides is 2. The van der Waals surface area contributed by atoms with Crippen LogP contribution in [0.1, 0.15) is 24.4 Å². The van der Waals surface area contributed by atoms with Crippen LogP contribution >= 0.6 is 15.9 Å². The van der Waals surface area contributed by atoms with Gasteiger partial charge in [-0.2, -0.15) is 5.26 Å². The van der Waals surface area contributed by atoms with Crippen LogP contribution in [0.5, 0.6) is 0 Å². The van der Waals surface area contributed by atoms with Crippen molar-refractivity contribution in [3.8, 4) is 6.07 Å². The van der Waals surface area contributed by atoms with Gasteiger partial charge in [-0.3, -0.25) is 4.90 Å². The lowest BCUT2D eigenvalue weighted by Crippen LogP contribution is -2.41. The van der Waals surface area contributed by atoms with Gasteiger partial charge in [-0.25, -0.2) is 13.8 Å². The van der Waals surface area contributed by atoms with Gasteiger partial charge in [-0.1, -0.05) is 6.07 Å². The number of nitrogens with zero attached hydrogens (tertiary/aromatic N) is 3. The Hall–Kier alpha value is -1.06. The highest BCUT2D eigenvalue weighted by Gasteiger charge is 2.36. The zero-order chi connectivity index (χ0) is 13.2. The van der Waals surface area contributed by atoms with Crippen molar-refractivity contribution in [1.29, 1.82) is 5.26 Å². The van der Waals surface area contributed by atoms with Crippen LogP contribution in [-0.4, -0.2) is 28.9 Å². The van der Waals surface area contributed by atoms with Crippen molar-refractivity contribution in [2.45, 2.75) is 24.8 Å². The highest BCUT2D eigenvalue weighted by molar-refractivity contribution is 9.10. The second kappa shape index (κ2) is 5.29. The summed E-state index contributed by atoms with van der Waals surface area (Å²) < 4.78 is 26.8. The molecule has 1 atom stereocenters. The molecule has 1 aromatic heterocycles. The molecule has 0 aromatic carbocycles. The lowest BCUT2D eigenvalue weighted by Gasteiger charge is -2.34. The highest BCUT2D eigenvalue weighted by atomic mass is 79.9. The first-order valence-electron chi connectivity index (χ1n) is 5.65. The SMILES string of the molecule is N#CC(c1ccc(Br)nc1)N1CCC(F)(F)CC1. The first kappa shape index (κ1) is 13.4. The zero-order valence-corrected chi connectivity index (χ0v) is 11.2. The van der Waals surface area contributed by atoms with Crippen molar-refractivity contribution in [2.75, 3.05) is 13.1 Å². The molecule has 3 nitrogen and oxygen atoms in total. The zero-order valence-electron chi connectivity index (χ0n) is 9.61. The lowest BCUT2D eigenvalue weighted by atomic mass is 10.0. The molecule has 6 heteroatoms. The Balaban J connectivity index is 2.11. The first-order valence-corrected chi connectivity index (χ1v) is 6.44. The highest BCUT2D eigenvalue weighted by Crippen LogP contribution is 2.32. The molecule has 1 aliphatic rings. The van der Waals surface area contributed by atoms with Crippen LogP contribution in [0.4, 0.5) is 8.78 Å². The van der Waals surface area contributed by atoms with E-state index in [2.05, 4.69) is 27.0 Å². The molecule has 1 aromatic rings. The van der Waals surface area contributed by atoms with E-state index in [4.69, 9.17) is 0 Å². The molecule has 0 bridgehead atoms. The Bertz CT molecular complexity index is 445. The Kier molecular flexibility index (Phi) is 3.93. The number of hydrogen-bond acceptors (Lipinski definition) is 3. The maximum Gasteiger partial charge on any atom is 0.250 e. The fourth-order valence-corrected chi connectivity index (χ4v) is 2.26. The molecule has 0 aliphatic carbocycles. The number of halogens is 3. The Morgan fingerprint density at radius 2 is 2.06 bits per heavy atom. The third-order valence-corrected chi connectivity index (χ3v) is 3.55. The van der Waals surface area contributed by atoms with Crippen LogP contribution in [0.15, 0.2) is 22.9 Å². The van der Waals surface area contributed by atoms with Crippen LogP contribution in [0, 0.1) is 11.3 Å². The lowest BCUT2D eigenvalue weighted by molar-refractivity contribution is -0.0595. The van der Waals surface area contributed by atoms with Gasteiger partial charge in [0.2, 0.25) is 0 Å². The van der Waals surface area contributed by atoms with Gasteiger partial charge in [0.15, 0.2) is 0 Å². The molecule has 18 heavy (non-hydrogen) atoms. The minimum atomic E-state index is -2.59. The summed E-state index contributed by atoms with van der Waals surface area (Å²) in [6, 6.07) is 5.20. The van der Waals surface area contributed by atoms with Gasteiger partial charge >= 0.3 is 0 Å². The first-order chi connectivity index (χ1) is 8.52. The van der Waals surface area contributed by atoms with Crippen LogP contribution in [0.25, 0.3) is 0 Å². The second-order valence-electron chi connectivity index (χ2n) is 4.34. The fourth-order valence-electron chi connectivity index (χ4n) is 2.03. The quantitative estimate of drug-likeness (QED) is 0.787. The van der Waals surface area contributed by atoms with Crippen molar-refractivity contribution >= 4 is 15.9 Å². The second-order valence-corrected chi connectivity index (χ2v) is 5.15. The molecule has 0 radical (unpaired) electrons. The molecule has 1 unspecified atom stereocenters. The molecular formula is C12H12BrF2N3. The van der Waals surface area contributed by atoms with Gasteiger partial charge in [0.1, 0.15) is 10.6 Å². The summed E-state index contributed by atoms with van der Waals surface area (Å²) >= 11 is 3.22. The molecule has 0 amide bonds. The number of aromatic nitrogens is 1. The predicted molar refractivity (Wildman–Crippen MR) is 66.0 cm³/mol. The average Bonchev–Trinajstić information content (AvgIpc) is 2.34. The molecule has 2 heterocycles. The van der Waals surface area contributed by atoms with E-state index in [1.807, 2.05) is 0 Å². The van der Waals surface area contributed by atoms with E-state index < -0.39 is 12.0 Å². The molecule has 1 fully saturated rings. The number of hydrogen-bond donors (Lipinski definition) is 0. The molecule has 0 saturated carbocycles. The number of piperidine rings is 1. The minimum absolute atomic E-state index is 0.185. The monoisotopic (exact) mass is 315 g/mol. The molecule has 2 rings (SSSR count). The molecule has 96 valence electrons. The number of pyridine rings is 1. The van der Waals surface area contributed by atoms with Gasteiger partial charge in [-0.15, -0.1) is 0 Å². The average molecular weight is 316 g/mol. The van der Waals surface area contributed by atoms with Gasteiger partial charge in [0.05, 0.1) is 6.07 Å². The van der Waals surface area contributed by atoms with Crippen LogP contribution in [0.3, 0.4) is 0 Å². The van der Waals surface area contributed by atoms with Gasteiger partial charge in [0.25, 0.3) is 5.92 Å². The molecular weight excluding hydrogens is 304 g/mol. The van der Waals surface area contributed by atoms with Gasteiger partial charge < -0.3 is 0 Å². The maximum atomic E-state index is 13.1. The van der Waals surface area contributed by atoms with Crippen molar-refractivity contribution in [1.82, 2.24) is 9.88 Å². The van der Waals surface area contributed by atoms with Crippen molar-refractivity contribution in [3.05, 3.63) is 28.5 Å². The van der Waals surface area contributed by atoms with Crippen molar-refractivity contribution < 1.29 is 8.78 Å². The van der Waals surface area contributed by atoms with E-state index in [0.29, 0.717) is 4.60 Å². The number of likely N-dealkylation sites (tertiary alicyclic amines) is 1. The minimum Gasteiger partial charge on any atom is -0.284 e. The summed E-state index contributed by atoms with van der Waals surface area (Å²) in [7, 11) is 0. The molecule has 1 saturated heterocycles. The summed E-state index contributed by atoms with van der Waals surface area (Å²) in [5.74, 6) is -2.59. The predicted octanol–water partition coefficient (Wildman–Crippen LogP) is 3.14. The maximum absolute atomic E-state index is 13.1. The number of rotatable bonds is 2. The van der Waals surface area contributed by atoms with Gasteiger partial charge in [0, 0.05) is 37.7 Å². The summed E-state index contributed by atoms with van der Waals surface area (Å²) in [5, 5.41) is 9.21. The van der Waals surface area contributed by atoms with E-state index in [1.165, 1.54) is 0 Å².